The summed E-state index contributed by atoms with van der Waals surface area (Å²) in [4.78, 5) is 0. The molecule has 0 radical (unpaired) electrons. The largest absolute Gasteiger partial charge is 0.507 e. The average Bonchev–Trinajstić information content (AvgIpc) is 2.99. The highest BCUT2D eigenvalue weighted by atomic mass is 16.3. The molecule has 2 nitrogen and oxygen atoms in total. The third-order valence-electron chi connectivity index (χ3n) is 8.57. The van der Waals surface area contributed by atoms with Gasteiger partial charge in [-0.05, 0) is 69.5 Å². The van der Waals surface area contributed by atoms with Gasteiger partial charge in [0.2, 0.25) is 0 Å². The van der Waals surface area contributed by atoms with E-state index in [1.807, 2.05) is 24.3 Å². The summed E-state index contributed by atoms with van der Waals surface area (Å²) < 4.78 is 0. The molecule has 6 rings (SSSR count). The molecule has 0 aliphatic heterocycles. The van der Waals surface area contributed by atoms with E-state index < -0.39 is 0 Å². The molecule has 0 amide bonds. The second-order valence-corrected chi connectivity index (χ2v) is 11.1. The Hall–Kier alpha value is -4.04. The molecular weight excluding hydrogens is 488 g/mol. The summed E-state index contributed by atoms with van der Waals surface area (Å²) in [6.07, 6.45) is 8.75. The number of phenolic OH excluding ortho intramolecular Hbond substituents is 2. The Morgan fingerprint density at radius 2 is 0.800 bits per heavy atom. The Bertz CT molecular complexity index is 1710. The smallest absolute Gasteiger partial charge is 0.131 e. The number of aryl methyl sites for hydroxylation is 2. The van der Waals surface area contributed by atoms with Crippen LogP contribution in [0.5, 0.6) is 11.5 Å². The first kappa shape index (κ1) is 26.2. The fraction of sp³-hybridized carbons (Fsp3) is 0.263. The van der Waals surface area contributed by atoms with Crippen molar-refractivity contribution in [2.75, 3.05) is 0 Å². The fourth-order valence-electron chi connectivity index (χ4n) is 6.64. The third-order valence-corrected chi connectivity index (χ3v) is 8.57. The Morgan fingerprint density at radius 1 is 0.425 bits per heavy atom. The van der Waals surface area contributed by atoms with E-state index in [0.717, 1.165) is 92.7 Å². The number of benzene rings is 6. The molecule has 0 aromatic heterocycles. The summed E-state index contributed by atoms with van der Waals surface area (Å²) >= 11 is 0. The van der Waals surface area contributed by atoms with Crippen LogP contribution in [-0.4, -0.2) is 10.2 Å². The molecule has 0 saturated carbocycles. The minimum atomic E-state index is 0.370. The van der Waals surface area contributed by atoms with Gasteiger partial charge >= 0.3 is 0 Å². The van der Waals surface area contributed by atoms with Crippen molar-refractivity contribution in [3.8, 4) is 22.6 Å². The molecule has 0 spiro atoms. The van der Waals surface area contributed by atoms with Crippen LogP contribution < -0.4 is 0 Å². The molecule has 40 heavy (non-hydrogen) atoms. The van der Waals surface area contributed by atoms with Crippen molar-refractivity contribution in [2.45, 2.75) is 65.2 Å². The molecule has 0 aliphatic carbocycles. The SMILES string of the molecule is CCCCCc1cccc2c(-c3c4ccccc4c(O)c4c(CCCCC)cccc34)c3ccccc3c(O)c12. The second-order valence-electron chi connectivity index (χ2n) is 11.1. The number of fused-ring (bicyclic) bond motifs is 4. The molecule has 6 aromatic rings. The molecule has 0 aliphatic rings. The third kappa shape index (κ3) is 4.36. The number of rotatable bonds is 9. The summed E-state index contributed by atoms with van der Waals surface area (Å²) in [5, 5.41) is 31.3. The van der Waals surface area contributed by atoms with E-state index in [0.29, 0.717) is 11.5 Å². The zero-order chi connectivity index (χ0) is 27.6. The minimum absolute atomic E-state index is 0.370. The van der Waals surface area contributed by atoms with Crippen LogP contribution in [0.25, 0.3) is 54.2 Å². The molecule has 6 aromatic carbocycles. The lowest BCUT2D eigenvalue weighted by Crippen LogP contribution is -1.96. The summed E-state index contributed by atoms with van der Waals surface area (Å²) in [7, 11) is 0. The normalized spacial score (nSPS) is 11.8. The number of hydrogen-bond acceptors (Lipinski definition) is 2. The lowest BCUT2D eigenvalue weighted by Gasteiger charge is -2.21. The van der Waals surface area contributed by atoms with Gasteiger partial charge in [0, 0.05) is 21.5 Å². The van der Waals surface area contributed by atoms with Gasteiger partial charge in [0.1, 0.15) is 11.5 Å². The van der Waals surface area contributed by atoms with Gasteiger partial charge in [-0.2, -0.15) is 0 Å². The molecule has 0 heterocycles. The molecular formula is C38H38O2. The van der Waals surface area contributed by atoms with Gasteiger partial charge < -0.3 is 10.2 Å². The Balaban J connectivity index is 1.78. The van der Waals surface area contributed by atoms with E-state index in [1.54, 1.807) is 0 Å². The molecule has 2 heteroatoms. The van der Waals surface area contributed by atoms with Crippen LogP contribution in [0.1, 0.15) is 63.5 Å². The zero-order valence-electron chi connectivity index (χ0n) is 23.6. The van der Waals surface area contributed by atoms with E-state index in [1.165, 1.54) is 24.0 Å². The van der Waals surface area contributed by atoms with Crippen LogP contribution in [-0.2, 0) is 12.8 Å². The highest BCUT2D eigenvalue weighted by Crippen LogP contribution is 2.50. The van der Waals surface area contributed by atoms with Crippen LogP contribution in [0, 0.1) is 0 Å². The Kier molecular flexibility index (Phi) is 7.34. The van der Waals surface area contributed by atoms with Crippen LogP contribution in [0.2, 0.25) is 0 Å². The van der Waals surface area contributed by atoms with Crippen LogP contribution in [0.4, 0.5) is 0 Å². The number of hydrogen-bond donors (Lipinski definition) is 2. The van der Waals surface area contributed by atoms with Crippen molar-refractivity contribution in [3.05, 3.63) is 96.1 Å². The lowest BCUT2D eigenvalue weighted by molar-refractivity contribution is 0.486. The standard InChI is InChI=1S/C38H38O2/c1-3-5-7-15-25-17-13-23-31-33(25)37(39)29-21-11-9-19-27(29)35(31)36-28-20-10-12-22-30(28)38(40)34-26(16-8-6-4-2)18-14-24-32(34)36/h9-14,17-24,39-40H,3-8,15-16H2,1-2H3. The zero-order valence-corrected chi connectivity index (χ0v) is 23.6. The van der Waals surface area contributed by atoms with Gasteiger partial charge in [-0.3, -0.25) is 0 Å². The van der Waals surface area contributed by atoms with Crippen LogP contribution >= 0.6 is 0 Å². The van der Waals surface area contributed by atoms with E-state index in [9.17, 15) is 10.2 Å². The highest BCUT2D eigenvalue weighted by molar-refractivity contribution is 6.27. The monoisotopic (exact) mass is 526 g/mol. The van der Waals surface area contributed by atoms with Crippen molar-refractivity contribution < 1.29 is 10.2 Å². The minimum Gasteiger partial charge on any atom is -0.507 e. The number of unbranched alkanes of at least 4 members (excludes halogenated alkanes) is 4. The van der Waals surface area contributed by atoms with Crippen molar-refractivity contribution in [1.82, 2.24) is 0 Å². The predicted molar refractivity (Wildman–Crippen MR) is 172 cm³/mol. The first-order valence-electron chi connectivity index (χ1n) is 15.0. The highest BCUT2D eigenvalue weighted by Gasteiger charge is 2.23. The first-order valence-corrected chi connectivity index (χ1v) is 15.0. The maximum absolute atomic E-state index is 11.7. The summed E-state index contributed by atoms with van der Waals surface area (Å²) in [6, 6.07) is 29.4. The molecule has 2 N–H and O–H groups in total. The maximum Gasteiger partial charge on any atom is 0.131 e. The van der Waals surface area contributed by atoms with Gasteiger partial charge in [0.25, 0.3) is 0 Å². The Labute approximate surface area is 236 Å². The van der Waals surface area contributed by atoms with E-state index in [2.05, 4.69) is 74.5 Å². The molecule has 0 bridgehead atoms. The molecule has 202 valence electrons. The topological polar surface area (TPSA) is 40.5 Å². The van der Waals surface area contributed by atoms with Crippen molar-refractivity contribution in [1.29, 1.82) is 0 Å². The summed E-state index contributed by atoms with van der Waals surface area (Å²) in [6.45, 7) is 4.45. The van der Waals surface area contributed by atoms with Gasteiger partial charge in [0.15, 0.2) is 0 Å². The predicted octanol–water partition coefficient (Wildman–Crippen LogP) is 10.8. The number of phenols is 2. The second kappa shape index (κ2) is 11.2. The van der Waals surface area contributed by atoms with Crippen LogP contribution in [0.15, 0.2) is 84.9 Å². The fourth-order valence-corrected chi connectivity index (χ4v) is 6.64. The van der Waals surface area contributed by atoms with E-state index in [4.69, 9.17) is 0 Å². The van der Waals surface area contributed by atoms with Gasteiger partial charge in [-0.25, -0.2) is 0 Å². The average molecular weight is 527 g/mol. The lowest BCUT2D eigenvalue weighted by atomic mass is 9.83. The molecule has 0 unspecified atom stereocenters. The summed E-state index contributed by atoms with van der Waals surface area (Å²) in [5.41, 5.74) is 4.66. The molecule has 0 saturated heterocycles. The quantitative estimate of drug-likeness (QED) is 0.145. The van der Waals surface area contributed by atoms with Crippen molar-refractivity contribution in [3.63, 3.8) is 0 Å². The van der Waals surface area contributed by atoms with Gasteiger partial charge in [0.05, 0.1) is 0 Å². The van der Waals surface area contributed by atoms with Crippen LogP contribution in [0.3, 0.4) is 0 Å². The van der Waals surface area contributed by atoms with Gasteiger partial charge in [-0.15, -0.1) is 0 Å². The van der Waals surface area contributed by atoms with Gasteiger partial charge in [-0.1, -0.05) is 124 Å². The van der Waals surface area contributed by atoms with E-state index >= 15 is 0 Å². The first-order chi connectivity index (χ1) is 19.7. The summed E-state index contributed by atoms with van der Waals surface area (Å²) in [5.74, 6) is 0.739. The molecule has 0 atom stereocenters. The van der Waals surface area contributed by atoms with Crippen molar-refractivity contribution in [2.24, 2.45) is 0 Å². The van der Waals surface area contributed by atoms with Crippen molar-refractivity contribution >= 4 is 43.1 Å². The molecule has 0 fully saturated rings. The van der Waals surface area contributed by atoms with E-state index in [-0.39, 0.29) is 0 Å². The maximum atomic E-state index is 11.7. The Morgan fingerprint density at radius 3 is 1.20 bits per heavy atom. The number of aromatic hydroxyl groups is 2.